The monoisotopic (exact) mass is 551 g/mol. The van der Waals surface area contributed by atoms with Crippen molar-refractivity contribution >= 4 is 21.7 Å². The zero-order valence-corrected chi connectivity index (χ0v) is 22.0. The maximum atomic E-state index is 12.9. The molecule has 2 aromatic carbocycles. The minimum atomic E-state index is -4.46. The topological polar surface area (TPSA) is 101 Å². The largest absolute Gasteiger partial charge is 0.416 e. The number of benzene rings is 2. The number of carbonyl (C=O) groups excluding carboxylic acids is 2. The minimum absolute atomic E-state index is 0.0260. The molecule has 2 bridgehead atoms. The Kier molecular flexibility index (Phi) is 8.17. The van der Waals surface area contributed by atoms with Crippen molar-refractivity contribution < 1.29 is 31.2 Å². The molecule has 11 heteroatoms. The van der Waals surface area contributed by atoms with Gasteiger partial charge in [0.05, 0.1) is 5.56 Å². The molecule has 38 heavy (non-hydrogen) atoms. The number of fused-ring (bicyclic) bond motifs is 2. The molecule has 3 atom stereocenters. The first-order valence-corrected chi connectivity index (χ1v) is 14.6. The van der Waals surface area contributed by atoms with Gasteiger partial charge in [0.2, 0.25) is 11.8 Å². The Morgan fingerprint density at radius 1 is 1.05 bits per heavy atom. The zero-order chi connectivity index (χ0) is 27.7. The normalized spacial score (nSPS) is 21.8. The Balaban J connectivity index is 1.44. The number of nitrogens with zero attached hydrogens (tertiary/aromatic N) is 2. The Hall–Kier alpha value is -2.92. The molecule has 0 aliphatic carbocycles. The van der Waals surface area contributed by atoms with E-state index in [0.29, 0.717) is 17.7 Å². The number of amides is 2. The van der Waals surface area contributed by atoms with E-state index in [4.69, 9.17) is 5.73 Å². The lowest BCUT2D eigenvalue weighted by molar-refractivity contribution is -0.137. The summed E-state index contributed by atoms with van der Waals surface area (Å²) < 4.78 is 62.4. The van der Waals surface area contributed by atoms with Crippen molar-refractivity contribution in [2.45, 2.75) is 56.4 Å². The van der Waals surface area contributed by atoms with Crippen LogP contribution in [0.25, 0.3) is 0 Å². The van der Waals surface area contributed by atoms with E-state index >= 15 is 0 Å². The average Bonchev–Trinajstić information content (AvgIpc) is 3.06. The summed E-state index contributed by atoms with van der Waals surface area (Å²) in [6.07, 6.45) is 0.333. The summed E-state index contributed by atoms with van der Waals surface area (Å²) in [5.41, 5.74) is 6.74. The van der Waals surface area contributed by atoms with Crippen LogP contribution in [0.4, 0.5) is 13.2 Å². The summed E-state index contributed by atoms with van der Waals surface area (Å²) in [5.74, 6) is -1.39. The van der Waals surface area contributed by atoms with Gasteiger partial charge in [-0.15, -0.1) is 0 Å². The SMILES string of the molecule is CS(=O)(=O)CC(=O)N(CCN1[C@@H]2CC[C@H]1CC(c1cccc(C(N)=O)c1)C2)Cc1ccc(C(F)(F)F)cc1. The molecule has 2 heterocycles. The Labute approximate surface area is 220 Å². The Morgan fingerprint density at radius 3 is 2.24 bits per heavy atom. The van der Waals surface area contributed by atoms with Crippen molar-refractivity contribution in [3.8, 4) is 0 Å². The van der Waals surface area contributed by atoms with Gasteiger partial charge in [-0.2, -0.15) is 13.2 Å². The van der Waals surface area contributed by atoms with Crippen LogP contribution in [0, 0.1) is 0 Å². The molecule has 2 amide bonds. The highest BCUT2D eigenvalue weighted by Crippen LogP contribution is 2.43. The van der Waals surface area contributed by atoms with Crippen LogP contribution in [0.2, 0.25) is 0 Å². The van der Waals surface area contributed by atoms with Crippen LogP contribution < -0.4 is 5.73 Å². The highest BCUT2D eigenvalue weighted by atomic mass is 32.2. The van der Waals surface area contributed by atoms with E-state index in [0.717, 1.165) is 49.6 Å². The molecule has 4 rings (SSSR count). The fraction of sp³-hybridized carbons (Fsp3) is 0.481. The van der Waals surface area contributed by atoms with Crippen LogP contribution >= 0.6 is 0 Å². The van der Waals surface area contributed by atoms with Crippen molar-refractivity contribution in [3.63, 3.8) is 0 Å². The number of halogens is 3. The lowest BCUT2D eigenvalue weighted by Crippen LogP contribution is -2.47. The molecular formula is C27H32F3N3O4S. The van der Waals surface area contributed by atoms with E-state index in [-0.39, 0.29) is 31.1 Å². The van der Waals surface area contributed by atoms with Gasteiger partial charge in [-0.25, -0.2) is 8.42 Å². The third kappa shape index (κ3) is 6.93. The number of hydrogen-bond acceptors (Lipinski definition) is 5. The molecule has 2 aliphatic rings. The summed E-state index contributed by atoms with van der Waals surface area (Å²) in [4.78, 5) is 28.3. The van der Waals surface area contributed by atoms with E-state index in [1.54, 1.807) is 6.07 Å². The number of piperidine rings is 1. The first-order valence-electron chi connectivity index (χ1n) is 12.6. The number of rotatable bonds is 9. The zero-order valence-electron chi connectivity index (χ0n) is 21.2. The lowest BCUT2D eigenvalue weighted by atomic mass is 9.84. The summed E-state index contributed by atoms with van der Waals surface area (Å²) >= 11 is 0. The van der Waals surface area contributed by atoms with Gasteiger partial charge in [0.25, 0.3) is 0 Å². The van der Waals surface area contributed by atoms with Crippen LogP contribution in [0.1, 0.15) is 58.6 Å². The van der Waals surface area contributed by atoms with E-state index in [2.05, 4.69) is 4.90 Å². The summed E-state index contributed by atoms with van der Waals surface area (Å²) in [6.45, 7) is 0.835. The molecule has 0 saturated carbocycles. The van der Waals surface area contributed by atoms with E-state index in [1.165, 1.54) is 17.0 Å². The molecule has 0 spiro atoms. The van der Waals surface area contributed by atoms with Crippen molar-refractivity contribution in [3.05, 3.63) is 70.8 Å². The number of nitrogens with two attached hydrogens (primary N) is 1. The second-order valence-corrected chi connectivity index (χ2v) is 12.5. The maximum Gasteiger partial charge on any atom is 0.416 e. The molecule has 2 saturated heterocycles. The molecular weight excluding hydrogens is 519 g/mol. The first-order chi connectivity index (χ1) is 17.8. The van der Waals surface area contributed by atoms with Gasteiger partial charge in [0.1, 0.15) is 5.75 Å². The molecule has 2 N–H and O–H groups in total. The number of carbonyl (C=O) groups is 2. The molecule has 2 aromatic rings. The molecule has 0 radical (unpaired) electrons. The van der Waals surface area contributed by atoms with Gasteiger partial charge in [-0.1, -0.05) is 24.3 Å². The van der Waals surface area contributed by atoms with Gasteiger partial charge >= 0.3 is 6.18 Å². The van der Waals surface area contributed by atoms with Gasteiger partial charge in [0.15, 0.2) is 9.84 Å². The number of hydrogen-bond donors (Lipinski definition) is 1. The van der Waals surface area contributed by atoms with E-state index < -0.39 is 39.1 Å². The molecule has 2 aliphatic heterocycles. The highest BCUT2D eigenvalue weighted by molar-refractivity contribution is 7.91. The van der Waals surface area contributed by atoms with Crippen molar-refractivity contribution in [1.29, 1.82) is 0 Å². The lowest BCUT2D eigenvalue weighted by Gasteiger charge is -2.40. The van der Waals surface area contributed by atoms with Gasteiger partial charge < -0.3 is 10.6 Å². The van der Waals surface area contributed by atoms with Crippen LogP contribution in [0.3, 0.4) is 0 Å². The molecule has 206 valence electrons. The molecule has 7 nitrogen and oxygen atoms in total. The van der Waals surface area contributed by atoms with Crippen molar-refractivity contribution in [2.75, 3.05) is 25.1 Å². The predicted molar refractivity (Wildman–Crippen MR) is 137 cm³/mol. The highest BCUT2D eigenvalue weighted by Gasteiger charge is 2.41. The first kappa shape index (κ1) is 28.1. The van der Waals surface area contributed by atoms with Gasteiger partial charge in [0, 0.05) is 43.5 Å². The number of sulfone groups is 1. The minimum Gasteiger partial charge on any atom is -0.366 e. The van der Waals surface area contributed by atoms with Crippen LogP contribution in [0.5, 0.6) is 0 Å². The second-order valence-electron chi connectivity index (χ2n) is 10.4. The maximum absolute atomic E-state index is 12.9. The quantitative estimate of drug-likeness (QED) is 0.514. The van der Waals surface area contributed by atoms with E-state index in [9.17, 15) is 31.2 Å². The standard InChI is InChI=1S/C27H32F3N3O4S/c1-38(36,37)17-25(34)32(16-18-5-7-22(8-6-18)27(28,29)30)11-12-33-23-9-10-24(33)15-21(14-23)19-3-2-4-20(13-19)26(31)35/h2-8,13,21,23-24H,9-12,14-17H2,1H3,(H2,31,35)/t21?,23-,24+. The van der Waals surface area contributed by atoms with Crippen molar-refractivity contribution in [2.24, 2.45) is 5.73 Å². The molecule has 2 fully saturated rings. The Bertz CT molecular complexity index is 1270. The molecule has 0 aromatic heterocycles. The fourth-order valence-electron chi connectivity index (χ4n) is 5.72. The predicted octanol–water partition coefficient (Wildman–Crippen LogP) is 3.59. The van der Waals surface area contributed by atoms with Crippen LogP contribution in [-0.4, -0.2) is 67.2 Å². The second kappa shape index (κ2) is 11.1. The van der Waals surface area contributed by atoms with Crippen LogP contribution in [-0.2, 0) is 27.4 Å². The number of primary amides is 1. The third-order valence-corrected chi connectivity index (χ3v) is 8.32. The van der Waals surface area contributed by atoms with E-state index in [1.807, 2.05) is 18.2 Å². The summed E-state index contributed by atoms with van der Waals surface area (Å²) in [5, 5.41) is 0. The summed E-state index contributed by atoms with van der Waals surface area (Å²) in [7, 11) is -3.57. The smallest absolute Gasteiger partial charge is 0.366 e. The van der Waals surface area contributed by atoms with Crippen molar-refractivity contribution in [1.82, 2.24) is 9.80 Å². The fourth-order valence-corrected chi connectivity index (χ4v) is 6.35. The van der Waals surface area contributed by atoms with Gasteiger partial charge in [-0.3, -0.25) is 14.5 Å². The van der Waals surface area contributed by atoms with Gasteiger partial charge in [-0.05, 0) is 67.0 Å². The number of alkyl halides is 3. The third-order valence-electron chi connectivity index (χ3n) is 7.55. The Morgan fingerprint density at radius 2 is 1.68 bits per heavy atom. The van der Waals surface area contributed by atoms with Crippen LogP contribution in [0.15, 0.2) is 48.5 Å². The summed E-state index contributed by atoms with van der Waals surface area (Å²) in [6, 6.07) is 12.6. The molecule has 1 unspecified atom stereocenters. The average molecular weight is 552 g/mol.